The third kappa shape index (κ3) is 4.69. The van der Waals surface area contributed by atoms with Crippen molar-refractivity contribution in [3.8, 4) is 0 Å². The monoisotopic (exact) mass is 595 g/mol. The van der Waals surface area contributed by atoms with Crippen LogP contribution in [0.5, 0.6) is 0 Å². The molecule has 0 radical (unpaired) electrons. The van der Waals surface area contributed by atoms with E-state index in [0.717, 1.165) is 16.9 Å². The van der Waals surface area contributed by atoms with Gasteiger partial charge in [0.25, 0.3) is 0 Å². The van der Waals surface area contributed by atoms with Gasteiger partial charge in [0.15, 0.2) is 0 Å². The fourth-order valence-electron chi connectivity index (χ4n) is 4.99. The Hall–Kier alpha value is -3.37. The number of halogens is 2. The van der Waals surface area contributed by atoms with E-state index >= 15 is 0 Å². The molecule has 3 atom stereocenters. The van der Waals surface area contributed by atoms with Crippen LogP contribution in [0, 0.1) is 5.92 Å². The van der Waals surface area contributed by atoms with Crippen LogP contribution in [0.1, 0.15) is 16.4 Å². The molecular weight excluding hydrogens is 577 g/mol. The molecule has 7 nitrogen and oxygen atoms in total. The minimum atomic E-state index is -0.759. The van der Waals surface area contributed by atoms with Crippen LogP contribution < -0.4 is 15.1 Å². The van der Waals surface area contributed by atoms with E-state index in [1.54, 1.807) is 60.7 Å². The Kier molecular flexibility index (Phi) is 6.84. The SMILES string of the molecule is O=C(Cn1c2c(sc1=O)[C@H](c1ccc(Cl)cc1)C1C(=O)N(c3ccccc3)C(=O)C1S2)Nc1ccc(Cl)cc1. The number of nitrogens with one attached hydrogen (secondary N) is 1. The zero-order valence-electron chi connectivity index (χ0n) is 20.0. The van der Waals surface area contributed by atoms with Crippen molar-refractivity contribution in [2.45, 2.75) is 22.7 Å². The molecule has 196 valence electrons. The highest BCUT2D eigenvalue weighted by molar-refractivity contribution is 8.00. The molecule has 6 rings (SSSR count). The molecule has 3 amide bonds. The second-order valence-corrected chi connectivity index (χ2v) is 12.1. The Morgan fingerprint density at radius 3 is 2.15 bits per heavy atom. The minimum absolute atomic E-state index is 0.241. The summed E-state index contributed by atoms with van der Waals surface area (Å²) in [5.74, 6) is -2.33. The summed E-state index contributed by atoms with van der Waals surface area (Å²) in [6, 6.07) is 22.5. The van der Waals surface area contributed by atoms with Gasteiger partial charge >= 0.3 is 4.87 Å². The number of thioether (sulfide) groups is 1. The first-order chi connectivity index (χ1) is 18.8. The Morgan fingerprint density at radius 2 is 1.49 bits per heavy atom. The quantitative estimate of drug-likeness (QED) is 0.301. The van der Waals surface area contributed by atoms with Gasteiger partial charge in [0.1, 0.15) is 11.8 Å². The van der Waals surface area contributed by atoms with Crippen LogP contribution in [0.25, 0.3) is 0 Å². The molecule has 1 aromatic heterocycles. The normalized spacial score (nSPS) is 20.1. The zero-order chi connectivity index (χ0) is 27.3. The maximum absolute atomic E-state index is 13.8. The van der Waals surface area contributed by atoms with Crippen LogP contribution in [-0.2, 0) is 20.9 Å². The number of anilines is 2. The summed E-state index contributed by atoms with van der Waals surface area (Å²) in [6.45, 7) is -0.241. The van der Waals surface area contributed by atoms with Gasteiger partial charge in [-0.3, -0.25) is 23.7 Å². The minimum Gasteiger partial charge on any atom is -0.325 e. The fourth-order valence-corrected chi connectivity index (χ4v) is 8.02. The lowest BCUT2D eigenvalue weighted by Crippen LogP contribution is -2.33. The summed E-state index contributed by atoms with van der Waals surface area (Å²) < 4.78 is 1.39. The van der Waals surface area contributed by atoms with Crippen molar-refractivity contribution in [1.29, 1.82) is 0 Å². The largest absolute Gasteiger partial charge is 0.325 e. The summed E-state index contributed by atoms with van der Waals surface area (Å²) in [4.78, 5) is 55.2. The number of rotatable bonds is 5. The number of fused-ring (bicyclic) bond motifs is 2. The highest BCUT2D eigenvalue weighted by Gasteiger charge is 2.56. The lowest BCUT2D eigenvalue weighted by atomic mass is 9.83. The van der Waals surface area contributed by atoms with E-state index in [4.69, 9.17) is 23.2 Å². The van der Waals surface area contributed by atoms with Crippen molar-refractivity contribution >= 4 is 75.4 Å². The van der Waals surface area contributed by atoms with Crippen molar-refractivity contribution < 1.29 is 14.4 Å². The standard InChI is InChI=1S/C28H19Cl2N3O4S2/c29-16-8-6-15(7-9-16)21-22-23(26(36)33(25(22)35)19-4-2-1-3-5-19)38-27-24(21)39-28(37)32(27)14-20(34)31-18-12-10-17(30)11-13-18/h1-13,21-23H,14H2,(H,31,34)/t21-,22?,23?/m1/s1. The van der Waals surface area contributed by atoms with Crippen LogP contribution in [-0.4, -0.2) is 27.5 Å². The number of nitrogens with zero attached hydrogens (tertiary/aromatic N) is 2. The molecule has 2 aliphatic heterocycles. The summed E-state index contributed by atoms with van der Waals surface area (Å²) in [5.41, 5.74) is 1.81. The molecule has 1 N–H and O–H groups in total. The van der Waals surface area contributed by atoms with E-state index in [2.05, 4.69) is 5.32 Å². The van der Waals surface area contributed by atoms with E-state index in [1.165, 1.54) is 21.2 Å². The molecule has 0 spiro atoms. The van der Waals surface area contributed by atoms with Crippen molar-refractivity contribution in [1.82, 2.24) is 4.57 Å². The van der Waals surface area contributed by atoms with Crippen LogP contribution in [0.4, 0.5) is 11.4 Å². The number of hydrogen-bond acceptors (Lipinski definition) is 6. The third-order valence-corrected chi connectivity index (χ3v) is 9.83. The van der Waals surface area contributed by atoms with Gasteiger partial charge in [-0.2, -0.15) is 0 Å². The maximum atomic E-state index is 13.8. The van der Waals surface area contributed by atoms with Gasteiger partial charge in [-0.05, 0) is 54.1 Å². The highest BCUT2D eigenvalue weighted by Crippen LogP contribution is 2.53. The van der Waals surface area contributed by atoms with Crippen molar-refractivity contribution in [3.05, 3.63) is 109 Å². The van der Waals surface area contributed by atoms with Gasteiger partial charge in [-0.1, -0.05) is 76.6 Å². The zero-order valence-corrected chi connectivity index (χ0v) is 23.2. The summed E-state index contributed by atoms with van der Waals surface area (Å²) >= 11 is 14.2. The molecule has 3 aromatic carbocycles. The van der Waals surface area contributed by atoms with E-state index < -0.39 is 23.0 Å². The molecule has 1 fully saturated rings. The molecule has 0 aliphatic carbocycles. The van der Waals surface area contributed by atoms with Crippen LogP contribution in [0.2, 0.25) is 10.0 Å². The second kappa shape index (κ2) is 10.3. The van der Waals surface area contributed by atoms with Crippen LogP contribution in [0.3, 0.4) is 0 Å². The predicted octanol–water partition coefficient (Wildman–Crippen LogP) is 5.65. The number of imide groups is 1. The maximum Gasteiger partial charge on any atom is 0.308 e. The van der Waals surface area contributed by atoms with Gasteiger partial charge in [-0.15, -0.1) is 0 Å². The highest BCUT2D eigenvalue weighted by atomic mass is 35.5. The van der Waals surface area contributed by atoms with E-state index in [9.17, 15) is 19.2 Å². The summed E-state index contributed by atoms with van der Waals surface area (Å²) in [6.07, 6.45) is 0. The lowest BCUT2D eigenvalue weighted by Gasteiger charge is -2.30. The summed E-state index contributed by atoms with van der Waals surface area (Å²) in [7, 11) is 0. The summed E-state index contributed by atoms with van der Waals surface area (Å²) in [5, 5.41) is 3.61. The number of benzene rings is 3. The average Bonchev–Trinajstić information content (AvgIpc) is 3.37. The average molecular weight is 597 g/mol. The molecular formula is C28H19Cl2N3O4S2. The number of hydrogen-bond donors (Lipinski definition) is 1. The number of aromatic nitrogens is 1. The second-order valence-electron chi connectivity index (χ2n) is 9.12. The topological polar surface area (TPSA) is 88.5 Å². The molecule has 39 heavy (non-hydrogen) atoms. The number of para-hydroxylation sites is 1. The van der Waals surface area contributed by atoms with Gasteiger partial charge in [0.05, 0.1) is 16.6 Å². The predicted molar refractivity (Wildman–Crippen MR) is 154 cm³/mol. The Morgan fingerprint density at radius 1 is 0.846 bits per heavy atom. The number of carbonyl (C=O) groups is 3. The molecule has 3 heterocycles. The molecule has 0 bridgehead atoms. The Bertz CT molecular complexity index is 1650. The number of amides is 3. The van der Waals surface area contributed by atoms with E-state index in [-0.39, 0.29) is 23.2 Å². The number of thiazole rings is 1. The number of carbonyl (C=O) groups excluding carboxylic acids is 3. The molecule has 1 saturated heterocycles. The first-order valence-electron chi connectivity index (χ1n) is 12.0. The van der Waals surface area contributed by atoms with Crippen molar-refractivity contribution in [2.75, 3.05) is 10.2 Å². The molecule has 4 aromatic rings. The first kappa shape index (κ1) is 25.9. The van der Waals surface area contributed by atoms with Crippen LogP contribution in [0.15, 0.2) is 88.7 Å². The van der Waals surface area contributed by atoms with Gasteiger partial charge in [0.2, 0.25) is 17.7 Å². The molecule has 2 aliphatic rings. The van der Waals surface area contributed by atoms with Crippen molar-refractivity contribution in [3.63, 3.8) is 0 Å². The Labute approximate surface area is 241 Å². The van der Waals surface area contributed by atoms with Crippen LogP contribution >= 0.6 is 46.3 Å². The molecule has 2 unspecified atom stereocenters. The fraction of sp³-hybridized carbons (Fsp3) is 0.143. The molecule has 0 saturated carbocycles. The lowest BCUT2D eigenvalue weighted by molar-refractivity contribution is -0.122. The van der Waals surface area contributed by atoms with Gasteiger partial charge in [0, 0.05) is 26.5 Å². The van der Waals surface area contributed by atoms with Crippen molar-refractivity contribution in [2.24, 2.45) is 5.92 Å². The van der Waals surface area contributed by atoms with E-state index in [1.807, 2.05) is 18.2 Å². The third-order valence-electron chi connectivity index (χ3n) is 6.72. The van der Waals surface area contributed by atoms with Gasteiger partial charge < -0.3 is 5.32 Å². The molecule has 11 heteroatoms. The first-order valence-corrected chi connectivity index (χ1v) is 14.4. The Balaban J connectivity index is 1.40. The van der Waals surface area contributed by atoms with Gasteiger partial charge in [-0.25, -0.2) is 4.90 Å². The van der Waals surface area contributed by atoms with E-state index in [0.29, 0.717) is 31.3 Å². The smallest absolute Gasteiger partial charge is 0.308 e.